The summed E-state index contributed by atoms with van der Waals surface area (Å²) < 4.78 is 26.1. The number of hydrogen-bond donors (Lipinski definition) is 1. The summed E-state index contributed by atoms with van der Waals surface area (Å²) in [4.78, 5) is 1.55. The van der Waals surface area contributed by atoms with Crippen molar-refractivity contribution >= 4 is 23.1 Å². The zero-order valence-corrected chi connectivity index (χ0v) is 8.94. The van der Waals surface area contributed by atoms with Gasteiger partial charge in [0.1, 0.15) is 11.6 Å². The van der Waals surface area contributed by atoms with E-state index in [0.717, 1.165) is 21.2 Å². The highest BCUT2D eigenvalue weighted by Crippen LogP contribution is 2.44. The van der Waals surface area contributed by atoms with Crippen LogP contribution in [0.2, 0.25) is 0 Å². The first kappa shape index (κ1) is 9.66. The van der Waals surface area contributed by atoms with Gasteiger partial charge in [0.15, 0.2) is 0 Å². The van der Waals surface area contributed by atoms with Crippen LogP contribution >= 0.6 is 11.8 Å². The summed E-state index contributed by atoms with van der Waals surface area (Å²) in [7, 11) is 0. The Bertz CT molecular complexity index is 519. The van der Waals surface area contributed by atoms with Gasteiger partial charge in [-0.3, -0.25) is 0 Å². The SMILES string of the molecule is Fc1ccc2c(c1)Sc1cc(F)ccc1N2. The lowest BCUT2D eigenvalue weighted by Gasteiger charge is -2.20. The minimum Gasteiger partial charge on any atom is -0.354 e. The number of halogens is 2. The van der Waals surface area contributed by atoms with Crippen molar-refractivity contribution < 1.29 is 8.78 Å². The van der Waals surface area contributed by atoms with Crippen LogP contribution in [0.3, 0.4) is 0 Å². The summed E-state index contributed by atoms with van der Waals surface area (Å²) in [5.41, 5.74) is 1.70. The quantitative estimate of drug-likeness (QED) is 0.627. The van der Waals surface area contributed by atoms with E-state index in [1.54, 1.807) is 12.1 Å². The van der Waals surface area contributed by atoms with Crippen LogP contribution in [0.15, 0.2) is 46.2 Å². The predicted molar refractivity (Wildman–Crippen MR) is 60.2 cm³/mol. The van der Waals surface area contributed by atoms with Crippen molar-refractivity contribution in [2.45, 2.75) is 9.79 Å². The molecule has 1 aliphatic rings. The summed E-state index contributed by atoms with van der Waals surface area (Å²) in [6, 6.07) is 9.07. The lowest BCUT2D eigenvalue weighted by atomic mass is 10.2. The second-order valence-corrected chi connectivity index (χ2v) is 4.59. The van der Waals surface area contributed by atoms with Gasteiger partial charge in [0.2, 0.25) is 0 Å². The molecule has 0 aromatic heterocycles. The Kier molecular flexibility index (Phi) is 2.11. The molecular formula is C12H7F2NS. The number of nitrogens with one attached hydrogen (secondary N) is 1. The van der Waals surface area contributed by atoms with Crippen LogP contribution in [0.5, 0.6) is 0 Å². The first-order chi connectivity index (χ1) is 7.72. The van der Waals surface area contributed by atoms with Crippen LogP contribution in [-0.2, 0) is 0 Å². The Morgan fingerprint density at radius 2 is 1.31 bits per heavy atom. The third-order valence-electron chi connectivity index (χ3n) is 2.38. The smallest absolute Gasteiger partial charge is 0.124 e. The molecule has 0 saturated carbocycles. The Balaban J connectivity index is 2.10. The van der Waals surface area contributed by atoms with Crippen molar-refractivity contribution in [3.63, 3.8) is 0 Å². The van der Waals surface area contributed by atoms with Crippen molar-refractivity contribution in [2.75, 3.05) is 5.32 Å². The molecule has 0 spiro atoms. The number of hydrogen-bond acceptors (Lipinski definition) is 2. The van der Waals surface area contributed by atoms with Crippen LogP contribution < -0.4 is 5.32 Å². The molecule has 0 saturated heterocycles. The molecule has 0 fully saturated rings. The third-order valence-corrected chi connectivity index (χ3v) is 3.49. The molecule has 0 aliphatic carbocycles. The molecule has 1 N–H and O–H groups in total. The number of rotatable bonds is 0. The van der Waals surface area contributed by atoms with E-state index < -0.39 is 0 Å². The van der Waals surface area contributed by atoms with Gasteiger partial charge in [0.05, 0.1) is 11.4 Å². The molecule has 0 radical (unpaired) electrons. The second kappa shape index (κ2) is 3.49. The minimum absolute atomic E-state index is 0.284. The van der Waals surface area contributed by atoms with Gasteiger partial charge in [-0.05, 0) is 36.4 Å². The molecular weight excluding hydrogens is 228 g/mol. The summed E-state index contributed by atoms with van der Waals surface area (Å²) in [6.45, 7) is 0. The fraction of sp³-hybridized carbons (Fsp3) is 0. The van der Waals surface area contributed by atoms with E-state index in [-0.39, 0.29) is 11.6 Å². The molecule has 1 aliphatic heterocycles. The molecule has 2 aromatic carbocycles. The zero-order valence-electron chi connectivity index (χ0n) is 8.13. The van der Waals surface area contributed by atoms with E-state index in [9.17, 15) is 8.78 Å². The summed E-state index contributed by atoms with van der Waals surface area (Å²) in [6.07, 6.45) is 0. The maximum atomic E-state index is 13.0. The standard InChI is InChI=1S/C12H7F2NS/c13-7-1-3-9-11(5-7)16-12-6-8(14)2-4-10(12)15-9/h1-6,15H. The van der Waals surface area contributed by atoms with E-state index >= 15 is 0 Å². The van der Waals surface area contributed by atoms with Crippen LogP contribution in [0.1, 0.15) is 0 Å². The van der Waals surface area contributed by atoms with Crippen molar-refractivity contribution in [3.05, 3.63) is 48.0 Å². The maximum Gasteiger partial charge on any atom is 0.124 e. The Hall–Kier alpha value is -1.55. The number of anilines is 2. The molecule has 0 amide bonds. The van der Waals surface area contributed by atoms with Gasteiger partial charge in [-0.15, -0.1) is 0 Å². The topological polar surface area (TPSA) is 12.0 Å². The monoisotopic (exact) mass is 235 g/mol. The van der Waals surface area contributed by atoms with Crippen molar-refractivity contribution in [1.29, 1.82) is 0 Å². The van der Waals surface area contributed by atoms with E-state index in [4.69, 9.17) is 0 Å². The highest BCUT2D eigenvalue weighted by molar-refractivity contribution is 7.99. The molecule has 0 bridgehead atoms. The van der Waals surface area contributed by atoms with Gasteiger partial charge in [0, 0.05) is 9.79 Å². The summed E-state index contributed by atoms with van der Waals surface area (Å²) >= 11 is 1.37. The van der Waals surface area contributed by atoms with Gasteiger partial charge in [-0.2, -0.15) is 0 Å². The predicted octanol–water partition coefficient (Wildman–Crippen LogP) is 4.17. The first-order valence-electron chi connectivity index (χ1n) is 4.76. The van der Waals surface area contributed by atoms with E-state index in [1.807, 2.05) is 0 Å². The molecule has 0 unspecified atom stereocenters. The average Bonchev–Trinajstić information content (AvgIpc) is 2.26. The van der Waals surface area contributed by atoms with E-state index in [2.05, 4.69) is 5.32 Å². The van der Waals surface area contributed by atoms with Crippen molar-refractivity contribution in [2.24, 2.45) is 0 Å². The van der Waals surface area contributed by atoms with Gasteiger partial charge in [-0.25, -0.2) is 8.78 Å². The highest BCUT2D eigenvalue weighted by Gasteiger charge is 2.16. The molecule has 16 heavy (non-hydrogen) atoms. The van der Waals surface area contributed by atoms with Gasteiger partial charge >= 0.3 is 0 Å². The molecule has 80 valence electrons. The molecule has 4 heteroatoms. The minimum atomic E-state index is -0.284. The number of benzene rings is 2. The highest BCUT2D eigenvalue weighted by atomic mass is 32.2. The van der Waals surface area contributed by atoms with E-state index in [0.29, 0.717) is 0 Å². The van der Waals surface area contributed by atoms with Crippen LogP contribution in [0, 0.1) is 11.6 Å². The molecule has 1 heterocycles. The lowest BCUT2D eigenvalue weighted by Crippen LogP contribution is -2.00. The molecule has 2 aromatic rings. The van der Waals surface area contributed by atoms with Gasteiger partial charge in [0.25, 0.3) is 0 Å². The number of fused-ring (bicyclic) bond motifs is 2. The maximum absolute atomic E-state index is 13.0. The molecule has 0 atom stereocenters. The van der Waals surface area contributed by atoms with Crippen molar-refractivity contribution in [3.8, 4) is 0 Å². The van der Waals surface area contributed by atoms with Crippen LogP contribution in [0.25, 0.3) is 0 Å². The summed E-state index contributed by atoms with van der Waals surface area (Å²) in [5, 5.41) is 3.14. The van der Waals surface area contributed by atoms with Crippen molar-refractivity contribution in [1.82, 2.24) is 0 Å². The third kappa shape index (κ3) is 1.55. The first-order valence-corrected chi connectivity index (χ1v) is 5.58. The van der Waals surface area contributed by atoms with Crippen LogP contribution in [-0.4, -0.2) is 0 Å². The second-order valence-electron chi connectivity index (χ2n) is 3.51. The average molecular weight is 235 g/mol. The zero-order chi connectivity index (χ0) is 11.1. The Morgan fingerprint density at radius 1 is 0.812 bits per heavy atom. The fourth-order valence-electron chi connectivity index (χ4n) is 1.63. The lowest BCUT2D eigenvalue weighted by molar-refractivity contribution is 0.623. The largest absolute Gasteiger partial charge is 0.354 e. The Morgan fingerprint density at radius 3 is 1.81 bits per heavy atom. The molecule has 3 rings (SSSR count). The molecule has 1 nitrogen and oxygen atoms in total. The van der Waals surface area contributed by atoms with E-state index in [1.165, 1.54) is 36.0 Å². The van der Waals surface area contributed by atoms with Gasteiger partial charge in [-0.1, -0.05) is 11.8 Å². The fourth-order valence-corrected chi connectivity index (χ4v) is 2.67. The normalized spacial score (nSPS) is 12.6. The Labute approximate surface area is 95.5 Å². The summed E-state index contributed by atoms with van der Waals surface area (Å²) in [5.74, 6) is -0.569. The van der Waals surface area contributed by atoms with Crippen LogP contribution in [0.4, 0.5) is 20.2 Å². The van der Waals surface area contributed by atoms with Gasteiger partial charge < -0.3 is 5.32 Å².